The third-order valence-corrected chi connectivity index (χ3v) is 6.57. The number of allylic oxidation sites excluding steroid dienone is 5. The molecule has 204 valence electrons. The molecule has 0 saturated heterocycles. The zero-order chi connectivity index (χ0) is 26.2. The molecule has 0 fully saturated rings. The van der Waals surface area contributed by atoms with Gasteiger partial charge in [0.15, 0.2) is 0 Å². The van der Waals surface area contributed by atoms with E-state index in [0.717, 1.165) is 64.2 Å². The summed E-state index contributed by atoms with van der Waals surface area (Å²) in [5.41, 5.74) is 0. The lowest BCUT2D eigenvalue weighted by molar-refractivity contribution is -0.122. The van der Waals surface area contributed by atoms with Crippen molar-refractivity contribution in [2.45, 2.75) is 129 Å². The fourth-order valence-corrected chi connectivity index (χ4v) is 4.45. The van der Waals surface area contributed by atoms with Gasteiger partial charge in [0, 0.05) is 6.42 Å². The summed E-state index contributed by atoms with van der Waals surface area (Å²) in [5, 5.41) is 13.0. The number of hydrogen-bond donors (Lipinski definition) is 3. The second-order valence-corrected chi connectivity index (χ2v) is 10.8. The molecule has 6 nitrogen and oxygen atoms in total. The molecule has 2 atom stereocenters. The topological polar surface area (TPSA) is 104 Å². The van der Waals surface area contributed by atoms with E-state index in [4.69, 9.17) is 0 Å². The van der Waals surface area contributed by atoms with Gasteiger partial charge in [0.2, 0.25) is 5.91 Å². The highest BCUT2D eigenvalue weighted by molar-refractivity contribution is 7.85. The van der Waals surface area contributed by atoms with Crippen molar-refractivity contribution in [3.05, 3.63) is 36.5 Å². The van der Waals surface area contributed by atoms with Crippen LogP contribution in [0.4, 0.5) is 0 Å². The molecule has 7 heteroatoms. The summed E-state index contributed by atoms with van der Waals surface area (Å²) in [4.78, 5) is 12.3. The number of carbonyl (C=O) groups excluding carboxylic acids is 1. The van der Waals surface area contributed by atoms with Gasteiger partial charge in [0.05, 0.1) is 17.9 Å². The quantitative estimate of drug-likeness (QED) is 0.0804. The number of aliphatic hydroxyl groups excluding tert-OH is 1. The summed E-state index contributed by atoms with van der Waals surface area (Å²) in [7, 11) is -4.33. The predicted molar refractivity (Wildman–Crippen MR) is 147 cm³/mol. The van der Waals surface area contributed by atoms with Crippen LogP contribution in [0.5, 0.6) is 0 Å². The van der Waals surface area contributed by atoms with Crippen LogP contribution in [0.3, 0.4) is 0 Å². The molecule has 0 spiro atoms. The molecule has 1 amide bonds. The summed E-state index contributed by atoms with van der Waals surface area (Å²) in [6, 6.07) is -1.06. The Morgan fingerprint density at radius 1 is 0.771 bits per heavy atom. The summed E-state index contributed by atoms with van der Waals surface area (Å²) in [5.74, 6) is -1.01. The molecule has 0 aliphatic heterocycles. The molecule has 0 aromatic heterocycles. The van der Waals surface area contributed by atoms with Crippen molar-refractivity contribution in [2.75, 3.05) is 5.75 Å². The molecule has 3 N–H and O–H groups in total. The molecule has 2 unspecified atom stereocenters. The molecule has 0 aliphatic carbocycles. The Morgan fingerprint density at radius 3 is 1.97 bits per heavy atom. The second-order valence-electron chi connectivity index (χ2n) is 9.32. The van der Waals surface area contributed by atoms with Crippen LogP contribution in [0.2, 0.25) is 0 Å². The Kier molecular flexibility index (Phi) is 22.0. The normalized spacial score (nSPS) is 14.3. The van der Waals surface area contributed by atoms with Crippen molar-refractivity contribution in [3.63, 3.8) is 0 Å². The van der Waals surface area contributed by atoms with Crippen molar-refractivity contribution < 1.29 is 22.9 Å². The maximum atomic E-state index is 12.3. The van der Waals surface area contributed by atoms with Gasteiger partial charge >= 0.3 is 0 Å². The van der Waals surface area contributed by atoms with Crippen molar-refractivity contribution in [1.29, 1.82) is 0 Å². The third kappa shape index (κ3) is 24.0. The van der Waals surface area contributed by atoms with Crippen LogP contribution in [0.1, 0.15) is 117 Å². The van der Waals surface area contributed by atoms with E-state index in [2.05, 4.69) is 43.5 Å². The summed E-state index contributed by atoms with van der Waals surface area (Å²) >= 11 is 0. The van der Waals surface area contributed by atoms with Crippen LogP contribution in [0.25, 0.3) is 0 Å². The third-order valence-electron chi connectivity index (χ3n) is 5.79. The first kappa shape index (κ1) is 33.6. The van der Waals surface area contributed by atoms with Gasteiger partial charge in [0.25, 0.3) is 10.1 Å². The van der Waals surface area contributed by atoms with E-state index in [9.17, 15) is 22.9 Å². The Labute approximate surface area is 215 Å². The van der Waals surface area contributed by atoms with Crippen molar-refractivity contribution >= 4 is 16.0 Å². The van der Waals surface area contributed by atoms with E-state index in [1.54, 1.807) is 0 Å². The number of hydrogen-bond acceptors (Lipinski definition) is 4. The Hall–Kier alpha value is -1.44. The molecule has 0 aliphatic rings. The Morgan fingerprint density at radius 2 is 1.34 bits per heavy atom. The van der Waals surface area contributed by atoms with E-state index in [-0.39, 0.29) is 12.3 Å². The van der Waals surface area contributed by atoms with Gasteiger partial charge in [-0.2, -0.15) is 8.42 Å². The highest BCUT2D eigenvalue weighted by Crippen LogP contribution is 2.10. The number of rotatable bonds is 23. The number of aliphatic hydroxyl groups is 1. The summed E-state index contributed by atoms with van der Waals surface area (Å²) in [6.07, 6.45) is 27.1. The molecule has 0 rings (SSSR count). The van der Waals surface area contributed by atoms with Crippen LogP contribution < -0.4 is 5.32 Å². The monoisotopic (exact) mass is 513 g/mol. The molecule has 0 aromatic rings. The van der Waals surface area contributed by atoms with E-state index < -0.39 is 28.0 Å². The van der Waals surface area contributed by atoms with Gasteiger partial charge in [-0.05, 0) is 44.9 Å². The minimum atomic E-state index is -4.33. The lowest BCUT2D eigenvalue weighted by Gasteiger charge is -2.21. The minimum absolute atomic E-state index is 0.278. The van der Waals surface area contributed by atoms with Crippen LogP contribution in [-0.4, -0.2) is 41.9 Å². The van der Waals surface area contributed by atoms with Gasteiger partial charge in [-0.25, -0.2) is 0 Å². The fraction of sp³-hybridized carbons (Fsp3) is 0.750. The van der Waals surface area contributed by atoms with E-state index in [1.807, 2.05) is 6.08 Å². The van der Waals surface area contributed by atoms with Crippen molar-refractivity contribution in [1.82, 2.24) is 5.32 Å². The lowest BCUT2D eigenvalue weighted by atomic mass is 10.1. The first-order chi connectivity index (χ1) is 16.8. The average Bonchev–Trinajstić information content (AvgIpc) is 2.80. The van der Waals surface area contributed by atoms with E-state index in [1.165, 1.54) is 31.8 Å². The van der Waals surface area contributed by atoms with Gasteiger partial charge in [-0.3, -0.25) is 9.35 Å². The first-order valence-electron chi connectivity index (χ1n) is 13.7. The molecule has 0 radical (unpaired) electrons. The lowest BCUT2D eigenvalue weighted by Crippen LogP contribution is -2.46. The molecule has 35 heavy (non-hydrogen) atoms. The van der Waals surface area contributed by atoms with Gasteiger partial charge in [-0.1, -0.05) is 102 Å². The number of carbonyl (C=O) groups is 1. The summed E-state index contributed by atoms with van der Waals surface area (Å²) in [6.45, 7) is 4.34. The molecular formula is C28H51NO5S. The number of nitrogens with one attached hydrogen (secondary N) is 1. The Bertz CT molecular complexity index is 700. The smallest absolute Gasteiger partial charge is 0.267 e. The highest BCUT2D eigenvalue weighted by Gasteiger charge is 2.24. The maximum absolute atomic E-state index is 12.3. The molecule has 0 saturated carbocycles. The van der Waals surface area contributed by atoms with Crippen molar-refractivity contribution in [2.24, 2.45) is 0 Å². The molecule has 0 bridgehead atoms. The van der Waals surface area contributed by atoms with Crippen LogP contribution in [0, 0.1) is 0 Å². The first-order valence-corrected chi connectivity index (χ1v) is 15.3. The van der Waals surface area contributed by atoms with Gasteiger partial charge in [0.1, 0.15) is 0 Å². The largest absolute Gasteiger partial charge is 0.387 e. The van der Waals surface area contributed by atoms with Crippen LogP contribution in [0.15, 0.2) is 36.5 Å². The van der Waals surface area contributed by atoms with Crippen molar-refractivity contribution in [3.8, 4) is 0 Å². The van der Waals surface area contributed by atoms with E-state index >= 15 is 0 Å². The standard InChI is InChI=1S/C28H51NO5S/c1-3-5-7-9-11-12-13-14-15-16-18-20-22-24-28(31)29-26(25-35(32,33)34)27(30)23-21-19-17-10-8-6-4-2/h7,9,12-13,21,23,26-27,30H,3-6,8,10-11,14-20,22,24-25H2,1-2H3,(H,29,31)(H,32,33,34)/b9-7-,13-12-,23-21+. The molecular weight excluding hydrogens is 462 g/mol. The van der Waals surface area contributed by atoms with Gasteiger partial charge in [-0.15, -0.1) is 0 Å². The zero-order valence-electron chi connectivity index (χ0n) is 22.2. The molecule has 0 heterocycles. The minimum Gasteiger partial charge on any atom is -0.387 e. The summed E-state index contributed by atoms with van der Waals surface area (Å²) < 4.78 is 31.9. The second kappa shape index (κ2) is 23.0. The highest BCUT2D eigenvalue weighted by atomic mass is 32.2. The predicted octanol–water partition coefficient (Wildman–Crippen LogP) is 6.67. The van der Waals surface area contributed by atoms with E-state index in [0.29, 0.717) is 6.42 Å². The zero-order valence-corrected chi connectivity index (χ0v) is 23.0. The maximum Gasteiger partial charge on any atom is 0.267 e. The van der Waals surface area contributed by atoms with Crippen LogP contribution >= 0.6 is 0 Å². The number of unbranched alkanes of at least 4 members (excludes halogenated alkanes) is 11. The SMILES string of the molecule is CCC/C=C\C/C=C\CCCCCCCC(=O)NC(CS(=O)(=O)O)C(O)/C=C/CCCCCCC. The average molecular weight is 514 g/mol. The number of amides is 1. The Balaban J connectivity index is 4.15. The van der Waals surface area contributed by atoms with Gasteiger partial charge < -0.3 is 10.4 Å². The fourth-order valence-electron chi connectivity index (χ4n) is 3.72. The molecule has 0 aromatic carbocycles. The van der Waals surface area contributed by atoms with Crippen LogP contribution in [-0.2, 0) is 14.9 Å².